The normalized spacial score (nSPS) is 27.7. The fourth-order valence-electron chi connectivity index (χ4n) is 3.03. The lowest BCUT2D eigenvalue weighted by molar-refractivity contribution is 0.343. The molecule has 2 rings (SSSR count). The highest BCUT2D eigenvalue weighted by Crippen LogP contribution is 2.34. The second-order valence-electron chi connectivity index (χ2n) is 5.33. The highest BCUT2D eigenvalue weighted by molar-refractivity contribution is 9.10. The fraction of sp³-hybridized carbons (Fsp3) is 0.600. The Hall–Kier alpha value is -0.410. The molecule has 3 atom stereocenters. The van der Waals surface area contributed by atoms with Crippen LogP contribution >= 0.6 is 15.9 Å². The van der Waals surface area contributed by atoms with Crippen LogP contribution in [0.5, 0.6) is 0 Å². The minimum atomic E-state index is -0.122. The number of halogens is 2. The van der Waals surface area contributed by atoms with Crippen molar-refractivity contribution in [3.8, 4) is 0 Å². The molecule has 0 aromatic heterocycles. The fourth-order valence-corrected chi connectivity index (χ4v) is 3.44. The number of rotatable bonds is 4. The van der Waals surface area contributed by atoms with Crippen LogP contribution in [-0.2, 0) is 6.54 Å². The summed E-state index contributed by atoms with van der Waals surface area (Å²) in [7, 11) is 0. The molecule has 0 amide bonds. The molecular weight excluding hydrogens is 293 g/mol. The van der Waals surface area contributed by atoms with Gasteiger partial charge in [-0.3, -0.25) is 0 Å². The lowest BCUT2D eigenvalue weighted by atomic mass is 9.93. The molecule has 1 aliphatic rings. The minimum absolute atomic E-state index is 0.122. The van der Waals surface area contributed by atoms with Crippen LogP contribution in [0.15, 0.2) is 22.7 Å². The van der Waals surface area contributed by atoms with Gasteiger partial charge in [-0.2, -0.15) is 0 Å². The molecule has 0 bridgehead atoms. The molecule has 1 saturated carbocycles. The standard InChI is InChI=1S/C15H21BrFN/c1-3-11-4-7-15(10(11)2)18-9-12-8-13(16)5-6-14(12)17/h5-6,8,10-11,15,18H,3-4,7,9H2,1-2H3. The van der Waals surface area contributed by atoms with Crippen molar-refractivity contribution in [1.29, 1.82) is 0 Å². The van der Waals surface area contributed by atoms with Gasteiger partial charge >= 0.3 is 0 Å². The van der Waals surface area contributed by atoms with Crippen LogP contribution in [0.2, 0.25) is 0 Å². The van der Waals surface area contributed by atoms with E-state index in [1.165, 1.54) is 25.3 Å². The maximum Gasteiger partial charge on any atom is 0.127 e. The maximum absolute atomic E-state index is 13.6. The maximum atomic E-state index is 13.6. The predicted octanol–water partition coefficient (Wildman–Crippen LogP) is 4.50. The van der Waals surface area contributed by atoms with E-state index in [9.17, 15) is 4.39 Å². The van der Waals surface area contributed by atoms with Crippen LogP contribution in [0.4, 0.5) is 4.39 Å². The predicted molar refractivity (Wildman–Crippen MR) is 76.9 cm³/mol. The van der Waals surface area contributed by atoms with Gasteiger partial charge in [-0.25, -0.2) is 4.39 Å². The molecular formula is C15H21BrFN. The van der Waals surface area contributed by atoms with E-state index in [4.69, 9.17) is 0 Å². The van der Waals surface area contributed by atoms with Gasteiger partial charge in [0.15, 0.2) is 0 Å². The van der Waals surface area contributed by atoms with Crippen molar-refractivity contribution in [3.05, 3.63) is 34.1 Å². The summed E-state index contributed by atoms with van der Waals surface area (Å²) >= 11 is 3.39. The molecule has 3 unspecified atom stereocenters. The lowest BCUT2D eigenvalue weighted by Crippen LogP contribution is -2.32. The van der Waals surface area contributed by atoms with Gasteiger partial charge < -0.3 is 5.32 Å². The van der Waals surface area contributed by atoms with Crippen molar-refractivity contribution in [3.63, 3.8) is 0 Å². The first kappa shape index (κ1) is 14.0. The average molecular weight is 314 g/mol. The second-order valence-corrected chi connectivity index (χ2v) is 6.24. The lowest BCUT2D eigenvalue weighted by Gasteiger charge is -2.21. The molecule has 0 radical (unpaired) electrons. The number of nitrogens with one attached hydrogen (secondary N) is 1. The zero-order valence-corrected chi connectivity index (χ0v) is 12.6. The SMILES string of the molecule is CCC1CCC(NCc2cc(Br)ccc2F)C1C. The Morgan fingerprint density at radius 2 is 2.17 bits per heavy atom. The Balaban J connectivity index is 1.94. The molecule has 1 aliphatic carbocycles. The molecule has 3 heteroatoms. The van der Waals surface area contributed by atoms with E-state index in [1.54, 1.807) is 6.07 Å². The Morgan fingerprint density at radius 1 is 1.39 bits per heavy atom. The van der Waals surface area contributed by atoms with Crippen molar-refractivity contribution in [2.75, 3.05) is 0 Å². The van der Waals surface area contributed by atoms with Crippen LogP contribution in [0, 0.1) is 17.7 Å². The van der Waals surface area contributed by atoms with E-state index in [-0.39, 0.29) is 5.82 Å². The quantitative estimate of drug-likeness (QED) is 0.862. The Bertz CT molecular complexity index is 407. The van der Waals surface area contributed by atoms with Gasteiger partial charge in [-0.1, -0.05) is 36.2 Å². The molecule has 0 aliphatic heterocycles. The van der Waals surface area contributed by atoms with E-state index in [0.29, 0.717) is 18.5 Å². The van der Waals surface area contributed by atoms with E-state index in [0.717, 1.165) is 16.0 Å². The molecule has 18 heavy (non-hydrogen) atoms. The molecule has 1 N–H and O–H groups in total. The highest BCUT2D eigenvalue weighted by Gasteiger charge is 2.30. The van der Waals surface area contributed by atoms with E-state index in [1.807, 2.05) is 6.07 Å². The third-order valence-electron chi connectivity index (χ3n) is 4.31. The summed E-state index contributed by atoms with van der Waals surface area (Å²) in [4.78, 5) is 0. The number of hydrogen-bond acceptors (Lipinski definition) is 1. The molecule has 0 heterocycles. The first-order valence-corrected chi connectivity index (χ1v) is 7.58. The first-order valence-electron chi connectivity index (χ1n) is 6.79. The second kappa shape index (κ2) is 6.16. The van der Waals surface area contributed by atoms with Gasteiger partial charge in [0, 0.05) is 22.6 Å². The summed E-state index contributed by atoms with van der Waals surface area (Å²) < 4.78 is 14.6. The Morgan fingerprint density at radius 3 is 2.83 bits per heavy atom. The summed E-state index contributed by atoms with van der Waals surface area (Å²) in [5.41, 5.74) is 0.747. The number of hydrogen-bond donors (Lipinski definition) is 1. The minimum Gasteiger partial charge on any atom is -0.310 e. The van der Waals surface area contributed by atoms with E-state index < -0.39 is 0 Å². The smallest absolute Gasteiger partial charge is 0.127 e. The zero-order chi connectivity index (χ0) is 13.1. The molecule has 1 aromatic carbocycles. The van der Waals surface area contributed by atoms with Gasteiger partial charge in [-0.05, 0) is 42.9 Å². The van der Waals surface area contributed by atoms with Crippen molar-refractivity contribution in [2.45, 2.75) is 45.7 Å². The van der Waals surface area contributed by atoms with Crippen molar-refractivity contribution >= 4 is 15.9 Å². The monoisotopic (exact) mass is 313 g/mol. The van der Waals surface area contributed by atoms with Crippen LogP contribution in [0.3, 0.4) is 0 Å². The largest absolute Gasteiger partial charge is 0.310 e. The number of benzene rings is 1. The molecule has 1 nitrogen and oxygen atoms in total. The zero-order valence-electron chi connectivity index (χ0n) is 11.0. The van der Waals surface area contributed by atoms with Gasteiger partial charge in [0.25, 0.3) is 0 Å². The van der Waals surface area contributed by atoms with Crippen molar-refractivity contribution < 1.29 is 4.39 Å². The third-order valence-corrected chi connectivity index (χ3v) is 4.81. The topological polar surface area (TPSA) is 12.0 Å². The summed E-state index contributed by atoms with van der Waals surface area (Å²) in [6.45, 7) is 5.20. The summed E-state index contributed by atoms with van der Waals surface area (Å²) in [6, 6.07) is 5.66. The van der Waals surface area contributed by atoms with E-state index in [2.05, 4.69) is 35.1 Å². The Labute approximate surface area is 117 Å². The van der Waals surface area contributed by atoms with Gasteiger partial charge in [0.1, 0.15) is 5.82 Å². The van der Waals surface area contributed by atoms with Gasteiger partial charge in [-0.15, -0.1) is 0 Å². The van der Waals surface area contributed by atoms with Crippen LogP contribution in [0.25, 0.3) is 0 Å². The van der Waals surface area contributed by atoms with Crippen LogP contribution in [-0.4, -0.2) is 6.04 Å². The molecule has 1 fully saturated rings. The van der Waals surface area contributed by atoms with Crippen LogP contribution in [0.1, 0.15) is 38.7 Å². The van der Waals surface area contributed by atoms with Crippen molar-refractivity contribution in [1.82, 2.24) is 5.32 Å². The van der Waals surface area contributed by atoms with Gasteiger partial charge in [0.2, 0.25) is 0 Å². The molecule has 1 aromatic rings. The first-order chi connectivity index (χ1) is 8.61. The summed E-state index contributed by atoms with van der Waals surface area (Å²) in [5, 5.41) is 3.52. The highest BCUT2D eigenvalue weighted by atomic mass is 79.9. The van der Waals surface area contributed by atoms with Crippen molar-refractivity contribution in [2.24, 2.45) is 11.8 Å². The Kier molecular flexibility index (Phi) is 4.79. The molecule has 0 saturated heterocycles. The van der Waals surface area contributed by atoms with Gasteiger partial charge in [0.05, 0.1) is 0 Å². The van der Waals surface area contributed by atoms with E-state index >= 15 is 0 Å². The summed E-state index contributed by atoms with van der Waals surface area (Å²) in [5.74, 6) is 1.41. The summed E-state index contributed by atoms with van der Waals surface area (Å²) in [6.07, 6.45) is 3.77. The molecule has 100 valence electrons. The van der Waals surface area contributed by atoms with Crippen LogP contribution < -0.4 is 5.32 Å². The molecule has 0 spiro atoms. The average Bonchev–Trinajstić information content (AvgIpc) is 2.71. The third kappa shape index (κ3) is 3.12.